The predicted octanol–water partition coefficient (Wildman–Crippen LogP) is 2.03. The van der Waals surface area contributed by atoms with Crippen molar-refractivity contribution in [1.29, 1.82) is 0 Å². The highest BCUT2D eigenvalue weighted by Gasteiger charge is 2.26. The standard InChI is InChI=1S/C17H14N4O4/c18-9-16-24-14-7-11-5-6-19-20-17(13(11)8-15(14)25-16)10-1-3-12(4-2-10)21(22)23/h1-4,6-8,16H,5,9,18H2. The number of hydrogen-bond acceptors (Lipinski definition) is 7. The van der Waals surface area contributed by atoms with Crippen LogP contribution in [0.2, 0.25) is 0 Å². The maximum Gasteiger partial charge on any atom is 0.269 e. The second-order valence-corrected chi connectivity index (χ2v) is 5.61. The molecule has 1 unspecified atom stereocenters. The SMILES string of the molecule is NCC1Oc2cc3c(cc2O1)C(c1ccc([N+](=O)[O-])cc1)=NN=CC3. The average Bonchev–Trinajstić information content (AvgIpc) is 2.92. The molecule has 2 heterocycles. The summed E-state index contributed by atoms with van der Waals surface area (Å²) >= 11 is 0. The Hall–Kier alpha value is -3.26. The maximum atomic E-state index is 10.8. The molecule has 0 saturated heterocycles. The van der Waals surface area contributed by atoms with Crippen molar-refractivity contribution in [2.24, 2.45) is 15.9 Å². The topological polar surface area (TPSA) is 112 Å². The van der Waals surface area contributed by atoms with Crippen molar-refractivity contribution in [2.45, 2.75) is 12.7 Å². The first-order valence-corrected chi connectivity index (χ1v) is 7.70. The number of non-ortho nitro benzene ring substituents is 1. The Morgan fingerprint density at radius 3 is 2.60 bits per heavy atom. The van der Waals surface area contributed by atoms with E-state index in [-0.39, 0.29) is 12.2 Å². The van der Waals surface area contributed by atoms with Crippen molar-refractivity contribution in [3.05, 3.63) is 63.2 Å². The molecule has 0 saturated carbocycles. The van der Waals surface area contributed by atoms with E-state index in [2.05, 4.69) is 10.2 Å². The van der Waals surface area contributed by atoms with Gasteiger partial charge < -0.3 is 15.2 Å². The van der Waals surface area contributed by atoms with Crippen LogP contribution in [0.25, 0.3) is 0 Å². The third-order valence-corrected chi connectivity index (χ3v) is 4.04. The molecule has 8 nitrogen and oxygen atoms in total. The van der Waals surface area contributed by atoms with Gasteiger partial charge in [-0.15, -0.1) is 0 Å². The molecule has 2 N–H and O–H groups in total. The molecule has 0 spiro atoms. The first-order valence-electron chi connectivity index (χ1n) is 7.70. The molecule has 0 aliphatic carbocycles. The maximum absolute atomic E-state index is 10.8. The zero-order chi connectivity index (χ0) is 17.4. The largest absolute Gasteiger partial charge is 0.450 e. The van der Waals surface area contributed by atoms with E-state index >= 15 is 0 Å². The Morgan fingerprint density at radius 2 is 1.92 bits per heavy atom. The van der Waals surface area contributed by atoms with Gasteiger partial charge in [0.2, 0.25) is 0 Å². The lowest BCUT2D eigenvalue weighted by Gasteiger charge is -2.10. The van der Waals surface area contributed by atoms with Crippen LogP contribution < -0.4 is 15.2 Å². The van der Waals surface area contributed by atoms with Crippen molar-refractivity contribution < 1.29 is 14.4 Å². The van der Waals surface area contributed by atoms with Gasteiger partial charge in [-0.3, -0.25) is 10.1 Å². The quantitative estimate of drug-likeness (QED) is 0.679. The Bertz CT molecular complexity index is 906. The number of nitro benzene ring substituents is 1. The first kappa shape index (κ1) is 15.3. The smallest absolute Gasteiger partial charge is 0.269 e. The van der Waals surface area contributed by atoms with Gasteiger partial charge in [0.25, 0.3) is 12.0 Å². The van der Waals surface area contributed by atoms with Gasteiger partial charge in [-0.1, -0.05) is 0 Å². The van der Waals surface area contributed by atoms with Crippen LogP contribution in [0.1, 0.15) is 16.7 Å². The van der Waals surface area contributed by atoms with Crippen LogP contribution >= 0.6 is 0 Å². The third kappa shape index (κ3) is 2.72. The minimum absolute atomic E-state index is 0.0261. The van der Waals surface area contributed by atoms with Crippen LogP contribution in [0.3, 0.4) is 0 Å². The van der Waals surface area contributed by atoms with Crippen molar-refractivity contribution in [3.63, 3.8) is 0 Å². The van der Waals surface area contributed by atoms with Gasteiger partial charge in [-0.25, -0.2) is 0 Å². The van der Waals surface area contributed by atoms with E-state index in [0.29, 0.717) is 23.6 Å². The number of ether oxygens (including phenoxy) is 2. The number of nitro groups is 1. The Kier molecular flexibility index (Phi) is 3.66. The highest BCUT2D eigenvalue weighted by atomic mass is 16.7. The van der Waals surface area contributed by atoms with Gasteiger partial charge in [0, 0.05) is 35.9 Å². The van der Waals surface area contributed by atoms with E-state index < -0.39 is 11.2 Å². The molecule has 4 rings (SSSR count). The van der Waals surface area contributed by atoms with Crippen molar-refractivity contribution in [1.82, 2.24) is 0 Å². The highest BCUT2D eigenvalue weighted by Crippen LogP contribution is 2.38. The number of benzene rings is 2. The van der Waals surface area contributed by atoms with Crippen LogP contribution in [0.15, 0.2) is 46.6 Å². The van der Waals surface area contributed by atoms with E-state index in [4.69, 9.17) is 15.2 Å². The molecule has 25 heavy (non-hydrogen) atoms. The second-order valence-electron chi connectivity index (χ2n) is 5.61. The van der Waals surface area contributed by atoms with E-state index in [1.54, 1.807) is 18.3 Å². The van der Waals surface area contributed by atoms with Crippen molar-refractivity contribution >= 4 is 17.6 Å². The molecule has 0 aromatic heterocycles. The molecular weight excluding hydrogens is 324 g/mol. The minimum Gasteiger partial charge on any atom is -0.450 e. The van der Waals surface area contributed by atoms with Crippen LogP contribution in [0, 0.1) is 10.1 Å². The van der Waals surface area contributed by atoms with Crippen LogP contribution in [0.4, 0.5) is 5.69 Å². The molecule has 0 amide bonds. The van der Waals surface area contributed by atoms with Crippen molar-refractivity contribution in [3.8, 4) is 11.5 Å². The summed E-state index contributed by atoms with van der Waals surface area (Å²) in [5, 5.41) is 19.2. The summed E-state index contributed by atoms with van der Waals surface area (Å²) in [5.41, 5.74) is 8.82. The number of nitrogens with two attached hydrogens (primary N) is 1. The van der Waals surface area contributed by atoms with Gasteiger partial charge in [0.15, 0.2) is 11.5 Å². The lowest BCUT2D eigenvalue weighted by molar-refractivity contribution is -0.384. The Morgan fingerprint density at radius 1 is 1.20 bits per heavy atom. The predicted molar refractivity (Wildman–Crippen MR) is 91.5 cm³/mol. The molecule has 2 aliphatic heterocycles. The van der Waals surface area contributed by atoms with E-state index in [9.17, 15) is 10.1 Å². The van der Waals surface area contributed by atoms with E-state index in [0.717, 1.165) is 16.7 Å². The summed E-state index contributed by atoms with van der Waals surface area (Å²) in [6.45, 7) is 0.254. The fourth-order valence-corrected chi connectivity index (χ4v) is 2.82. The van der Waals surface area contributed by atoms with E-state index in [1.165, 1.54) is 12.1 Å². The first-order chi connectivity index (χ1) is 12.2. The summed E-state index contributed by atoms with van der Waals surface area (Å²) in [4.78, 5) is 10.4. The van der Waals surface area contributed by atoms with Crippen LogP contribution in [-0.4, -0.2) is 29.7 Å². The number of nitrogens with zero attached hydrogens (tertiary/aromatic N) is 3. The average molecular weight is 338 g/mol. The molecule has 1 atom stereocenters. The lowest BCUT2D eigenvalue weighted by Crippen LogP contribution is -2.27. The number of rotatable bonds is 3. The Balaban J connectivity index is 1.77. The molecule has 8 heteroatoms. The molecule has 2 aromatic rings. The van der Waals surface area contributed by atoms with Gasteiger partial charge in [0.1, 0.15) is 5.71 Å². The van der Waals surface area contributed by atoms with Gasteiger partial charge in [-0.2, -0.15) is 10.2 Å². The summed E-state index contributed by atoms with van der Waals surface area (Å²) in [5.74, 6) is 1.25. The summed E-state index contributed by atoms with van der Waals surface area (Å²) in [7, 11) is 0. The number of hydrogen-bond donors (Lipinski definition) is 1. The Labute approximate surface area is 142 Å². The lowest BCUT2D eigenvalue weighted by atomic mass is 9.95. The number of fused-ring (bicyclic) bond motifs is 2. The zero-order valence-electron chi connectivity index (χ0n) is 13.1. The van der Waals surface area contributed by atoms with Gasteiger partial charge >= 0.3 is 0 Å². The zero-order valence-corrected chi connectivity index (χ0v) is 13.1. The highest BCUT2D eigenvalue weighted by molar-refractivity contribution is 6.14. The van der Waals surface area contributed by atoms with Gasteiger partial charge in [-0.05, 0) is 29.8 Å². The minimum atomic E-state index is -0.491. The molecular formula is C17H14N4O4. The molecule has 0 bridgehead atoms. The van der Waals surface area contributed by atoms with Crippen molar-refractivity contribution in [2.75, 3.05) is 6.54 Å². The van der Waals surface area contributed by atoms with Gasteiger partial charge in [0.05, 0.1) is 11.5 Å². The third-order valence-electron chi connectivity index (χ3n) is 4.04. The molecule has 0 radical (unpaired) electrons. The summed E-state index contributed by atoms with van der Waals surface area (Å²) in [6.07, 6.45) is 1.81. The second kappa shape index (κ2) is 5.99. The molecule has 2 aromatic carbocycles. The van der Waals surface area contributed by atoms with E-state index in [1.807, 2.05) is 12.1 Å². The molecule has 2 aliphatic rings. The normalized spacial score (nSPS) is 17.6. The molecule has 126 valence electrons. The monoisotopic (exact) mass is 338 g/mol. The van der Waals surface area contributed by atoms with Crippen LogP contribution in [0.5, 0.6) is 11.5 Å². The van der Waals surface area contributed by atoms with Crippen LogP contribution in [-0.2, 0) is 6.42 Å². The molecule has 0 fully saturated rings. The summed E-state index contributed by atoms with van der Waals surface area (Å²) < 4.78 is 11.3. The fourth-order valence-electron chi connectivity index (χ4n) is 2.82. The summed E-state index contributed by atoms with van der Waals surface area (Å²) in [6, 6.07) is 9.98. The fraction of sp³-hybridized carbons (Fsp3) is 0.176.